The first-order valence-electron chi connectivity index (χ1n) is 5.30. The average molecular weight is 242 g/mol. The highest BCUT2D eigenvalue weighted by atomic mass is 32.2. The van der Waals surface area contributed by atoms with Gasteiger partial charge in [0.15, 0.2) is 0 Å². The van der Waals surface area contributed by atoms with Crippen LogP contribution in [0.15, 0.2) is 11.4 Å². The Morgan fingerprint density at radius 2 is 2.31 bits per heavy atom. The van der Waals surface area contributed by atoms with Gasteiger partial charge in [-0.2, -0.15) is 0 Å². The molecule has 0 saturated carbocycles. The van der Waals surface area contributed by atoms with Gasteiger partial charge in [0.1, 0.15) is 17.2 Å². The molecule has 0 radical (unpaired) electrons. The summed E-state index contributed by atoms with van der Waals surface area (Å²) in [4.78, 5) is 8.33. The van der Waals surface area contributed by atoms with Crippen LogP contribution in [0.1, 0.15) is 25.8 Å². The van der Waals surface area contributed by atoms with E-state index in [9.17, 15) is 0 Å². The first-order chi connectivity index (χ1) is 7.72. The lowest BCUT2D eigenvalue weighted by Gasteiger charge is -2.13. The molecule has 0 amide bonds. The highest BCUT2D eigenvalue weighted by molar-refractivity contribution is 7.99. The Bertz CT molecular complexity index is 335. The average Bonchev–Trinajstić information content (AvgIpc) is 2.29. The zero-order valence-corrected chi connectivity index (χ0v) is 10.4. The molecule has 1 atom stereocenters. The van der Waals surface area contributed by atoms with Crippen molar-refractivity contribution < 1.29 is 5.11 Å². The molecule has 90 valence electrons. The Morgan fingerprint density at radius 3 is 2.88 bits per heavy atom. The summed E-state index contributed by atoms with van der Waals surface area (Å²) in [6.45, 7) is 4.31. The molecule has 1 aromatic heterocycles. The summed E-state index contributed by atoms with van der Waals surface area (Å²) < 4.78 is 0. The number of aliphatic hydroxyl groups excluding tert-OH is 1. The van der Waals surface area contributed by atoms with E-state index in [1.165, 1.54) is 6.33 Å². The van der Waals surface area contributed by atoms with Gasteiger partial charge in [0.25, 0.3) is 0 Å². The second kappa shape index (κ2) is 6.67. The smallest absolute Gasteiger partial charge is 0.147 e. The van der Waals surface area contributed by atoms with E-state index in [1.54, 1.807) is 11.8 Å². The van der Waals surface area contributed by atoms with Gasteiger partial charge in [-0.05, 0) is 12.8 Å². The third-order valence-electron chi connectivity index (χ3n) is 2.24. The molecule has 0 aromatic carbocycles. The van der Waals surface area contributed by atoms with Crippen molar-refractivity contribution in [2.75, 3.05) is 12.0 Å². The monoisotopic (exact) mass is 242 g/mol. The summed E-state index contributed by atoms with van der Waals surface area (Å²) in [7, 11) is 0. The van der Waals surface area contributed by atoms with Crippen molar-refractivity contribution >= 4 is 17.6 Å². The molecule has 0 bridgehead atoms. The number of rotatable bonds is 6. The standard InChI is InChI=1S/C10H18N4OS/c1-3-8-9(14-11)12-6-13-10(8)16-7(2)4-5-15/h6-7,15H,3-5,11H2,1-2H3,(H,12,13,14). The number of nitrogen functional groups attached to an aromatic ring is 1. The van der Waals surface area contributed by atoms with E-state index in [0.717, 1.165) is 23.4 Å². The van der Waals surface area contributed by atoms with Crippen LogP contribution in [0.25, 0.3) is 0 Å². The van der Waals surface area contributed by atoms with Crippen molar-refractivity contribution in [3.8, 4) is 0 Å². The molecular formula is C10H18N4OS. The predicted molar refractivity (Wildman–Crippen MR) is 66.2 cm³/mol. The van der Waals surface area contributed by atoms with Crippen molar-refractivity contribution in [3.05, 3.63) is 11.9 Å². The lowest BCUT2D eigenvalue weighted by atomic mass is 10.2. The van der Waals surface area contributed by atoms with Gasteiger partial charge >= 0.3 is 0 Å². The molecular weight excluding hydrogens is 224 g/mol. The number of aliphatic hydroxyl groups is 1. The van der Waals surface area contributed by atoms with Crippen LogP contribution < -0.4 is 11.3 Å². The summed E-state index contributed by atoms with van der Waals surface area (Å²) in [5.41, 5.74) is 3.61. The minimum atomic E-state index is 0.197. The summed E-state index contributed by atoms with van der Waals surface area (Å²) in [6, 6.07) is 0. The second-order valence-electron chi connectivity index (χ2n) is 3.44. The van der Waals surface area contributed by atoms with E-state index >= 15 is 0 Å². The van der Waals surface area contributed by atoms with Gasteiger partial charge in [-0.3, -0.25) is 0 Å². The first kappa shape index (κ1) is 13.2. The Morgan fingerprint density at radius 1 is 1.56 bits per heavy atom. The van der Waals surface area contributed by atoms with E-state index in [4.69, 9.17) is 10.9 Å². The minimum Gasteiger partial charge on any atom is -0.396 e. The van der Waals surface area contributed by atoms with Crippen molar-refractivity contribution in [1.82, 2.24) is 9.97 Å². The van der Waals surface area contributed by atoms with Crippen LogP contribution in [-0.2, 0) is 6.42 Å². The van der Waals surface area contributed by atoms with Crippen LogP contribution in [-0.4, -0.2) is 26.9 Å². The molecule has 16 heavy (non-hydrogen) atoms. The fourth-order valence-electron chi connectivity index (χ4n) is 1.37. The van der Waals surface area contributed by atoms with E-state index in [-0.39, 0.29) is 6.61 Å². The number of aromatic nitrogens is 2. The molecule has 1 aromatic rings. The summed E-state index contributed by atoms with van der Waals surface area (Å²) >= 11 is 1.64. The van der Waals surface area contributed by atoms with E-state index in [1.807, 2.05) is 6.92 Å². The van der Waals surface area contributed by atoms with Crippen molar-refractivity contribution in [1.29, 1.82) is 0 Å². The number of nitrogens with one attached hydrogen (secondary N) is 1. The second-order valence-corrected chi connectivity index (χ2v) is 4.87. The summed E-state index contributed by atoms with van der Waals surface area (Å²) in [5.74, 6) is 6.07. The van der Waals surface area contributed by atoms with Crippen LogP contribution in [0, 0.1) is 0 Å². The fourth-order valence-corrected chi connectivity index (χ4v) is 2.47. The molecule has 0 aliphatic heterocycles. The Balaban J connectivity index is 2.86. The maximum Gasteiger partial charge on any atom is 0.147 e. The highest BCUT2D eigenvalue weighted by Crippen LogP contribution is 2.29. The van der Waals surface area contributed by atoms with Crippen molar-refractivity contribution in [2.24, 2.45) is 5.84 Å². The number of nitrogens with zero attached hydrogens (tertiary/aromatic N) is 2. The Kier molecular flexibility index (Phi) is 5.51. The fraction of sp³-hybridized carbons (Fsp3) is 0.600. The molecule has 1 unspecified atom stereocenters. The Labute approximate surface area is 99.8 Å². The van der Waals surface area contributed by atoms with Crippen LogP contribution >= 0.6 is 11.8 Å². The van der Waals surface area contributed by atoms with Gasteiger partial charge in [-0.15, -0.1) is 11.8 Å². The van der Waals surface area contributed by atoms with Gasteiger partial charge in [0.05, 0.1) is 0 Å². The normalized spacial score (nSPS) is 12.5. The molecule has 0 saturated heterocycles. The third-order valence-corrected chi connectivity index (χ3v) is 3.46. The van der Waals surface area contributed by atoms with Crippen molar-refractivity contribution in [2.45, 2.75) is 37.0 Å². The number of anilines is 1. The lowest BCUT2D eigenvalue weighted by molar-refractivity contribution is 0.289. The quantitative estimate of drug-likeness (QED) is 0.301. The maximum atomic E-state index is 8.86. The van der Waals surface area contributed by atoms with E-state index in [0.29, 0.717) is 11.1 Å². The molecule has 5 nitrogen and oxygen atoms in total. The topological polar surface area (TPSA) is 84.1 Å². The zero-order chi connectivity index (χ0) is 12.0. The molecule has 0 fully saturated rings. The molecule has 4 N–H and O–H groups in total. The SMILES string of the molecule is CCc1c(NN)ncnc1SC(C)CCO. The molecule has 0 spiro atoms. The summed E-state index contributed by atoms with van der Waals surface area (Å²) in [5, 5.41) is 10.1. The molecule has 0 aliphatic carbocycles. The van der Waals surface area contributed by atoms with Gasteiger partial charge < -0.3 is 10.5 Å². The number of hydrogen-bond acceptors (Lipinski definition) is 6. The number of thioether (sulfide) groups is 1. The van der Waals surface area contributed by atoms with Crippen LogP contribution in [0.2, 0.25) is 0 Å². The molecule has 1 rings (SSSR count). The largest absolute Gasteiger partial charge is 0.396 e. The third kappa shape index (κ3) is 3.33. The van der Waals surface area contributed by atoms with E-state index < -0.39 is 0 Å². The van der Waals surface area contributed by atoms with E-state index in [2.05, 4.69) is 22.3 Å². The number of hydrogen-bond donors (Lipinski definition) is 3. The minimum absolute atomic E-state index is 0.197. The predicted octanol–water partition coefficient (Wildman–Crippen LogP) is 1.19. The van der Waals surface area contributed by atoms with Gasteiger partial charge in [-0.1, -0.05) is 13.8 Å². The van der Waals surface area contributed by atoms with Crippen LogP contribution in [0.3, 0.4) is 0 Å². The van der Waals surface area contributed by atoms with Crippen LogP contribution in [0.5, 0.6) is 0 Å². The first-order valence-corrected chi connectivity index (χ1v) is 6.18. The van der Waals surface area contributed by atoms with Gasteiger partial charge in [0, 0.05) is 17.4 Å². The van der Waals surface area contributed by atoms with Gasteiger partial charge in [0.2, 0.25) is 0 Å². The molecule has 0 aliphatic rings. The van der Waals surface area contributed by atoms with Crippen LogP contribution in [0.4, 0.5) is 5.82 Å². The maximum absolute atomic E-state index is 8.86. The molecule has 6 heteroatoms. The Hall–Kier alpha value is -0.850. The molecule has 1 heterocycles. The van der Waals surface area contributed by atoms with Gasteiger partial charge in [-0.25, -0.2) is 15.8 Å². The number of hydrazine groups is 1. The highest BCUT2D eigenvalue weighted by Gasteiger charge is 2.12. The summed E-state index contributed by atoms with van der Waals surface area (Å²) in [6.07, 6.45) is 3.08. The number of nitrogens with two attached hydrogens (primary N) is 1. The lowest BCUT2D eigenvalue weighted by Crippen LogP contribution is -2.12. The van der Waals surface area contributed by atoms with Crippen molar-refractivity contribution in [3.63, 3.8) is 0 Å². The zero-order valence-electron chi connectivity index (χ0n) is 9.60.